The van der Waals surface area contributed by atoms with E-state index in [0.717, 1.165) is 16.7 Å². The second-order valence-electron chi connectivity index (χ2n) is 3.95. The molecule has 0 bridgehead atoms. The highest BCUT2D eigenvalue weighted by molar-refractivity contribution is 6.17. The van der Waals surface area contributed by atoms with Crippen LogP contribution in [-0.2, 0) is 5.88 Å². The van der Waals surface area contributed by atoms with E-state index in [-0.39, 0.29) is 5.75 Å². The number of aromatic hydroxyl groups is 1. The molecular formula is C14H14ClNO3. The molecule has 0 amide bonds. The highest BCUT2D eigenvalue weighted by Crippen LogP contribution is 2.40. The summed E-state index contributed by atoms with van der Waals surface area (Å²) >= 11 is 5.79. The van der Waals surface area contributed by atoms with Gasteiger partial charge in [0.2, 0.25) is 5.75 Å². The summed E-state index contributed by atoms with van der Waals surface area (Å²) < 4.78 is 10.3. The van der Waals surface area contributed by atoms with Gasteiger partial charge in [0, 0.05) is 23.8 Å². The van der Waals surface area contributed by atoms with E-state index in [1.165, 1.54) is 14.2 Å². The lowest BCUT2D eigenvalue weighted by Crippen LogP contribution is -1.92. The maximum atomic E-state index is 9.94. The average molecular weight is 280 g/mol. The second kappa shape index (κ2) is 5.80. The van der Waals surface area contributed by atoms with Crippen LogP contribution in [0.3, 0.4) is 0 Å². The number of methoxy groups -OCH3 is 2. The number of pyridine rings is 1. The summed E-state index contributed by atoms with van der Waals surface area (Å²) in [7, 11) is 3.00. The summed E-state index contributed by atoms with van der Waals surface area (Å²) in [6, 6.07) is 5.31. The third-order valence-corrected chi connectivity index (χ3v) is 3.05. The SMILES string of the molecule is COc1cc(-c2cncc(CCl)c2)cc(O)c1OC. The molecule has 0 saturated carbocycles. The Balaban J connectivity index is 2.53. The maximum Gasteiger partial charge on any atom is 0.203 e. The van der Waals surface area contributed by atoms with Gasteiger partial charge >= 0.3 is 0 Å². The molecule has 1 aromatic heterocycles. The molecule has 19 heavy (non-hydrogen) atoms. The van der Waals surface area contributed by atoms with Crippen LogP contribution in [-0.4, -0.2) is 24.3 Å². The molecule has 0 aliphatic rings. The zero-order valence-corrected chi connectivity index (χ0v) is 11.4. The molecule has 2 aromatic rings. The molecule has 0 radical (unpaired) electrons. The Hall–Kier alpha value is -1.94. The molecular weight excluding hydrogens is 266 g/mol. The Kier molecular flexibility index (Phi) is 4.12. The molecule has 0 unspecified atom stereocenters. The lowest BCUT2D eigenvalue weighted by molar-refractivity contribution is 0.333. The Morgan fingerprint density at radius 1 is 1.11 bits per heavy atom. The van der Waals surface area contributed by atoms with Gasteiger partial charge in [-0.3, -0.25) is 4.98 Å². The smallest absolute Gasteiger partial charge is 0.203 e. The first-order valence-electron chi connectivity index (χ1n) is 5.64. The highest BCUT2D eigenvalue weighted by atomic mass is 35.5. The summed E-state index contributed by atoms with van der Waals surface area (Å²) in [5, 5.41) is 9.94. The number of phenolic OH excluding ortho intramolecular Hbond substituents is 1. The van der Waals surface area contributed by atoms with Crippen LogP contribution in [0.15, 0.2) is 30.6 Å². The standard InChI is InChI=1S/C14H14ClNO3/c1-18-13-5-10(4-12(17)14(13)19-2)11-3-9(6-15)7-16-8-11/h3-5,7-8,17H,6H2,1-2H3. The predicted molar refractivity (Wildman–Crippen MR) is 74.0 cm³/mol. The molecule has 2 rings (SSSR count). The van der Waals surface area contributed by atoms with E-state index >= 15 is 0 Å². The van der Waals surface area contributed by atoms with Crippen molar-refractivity contribution in [3.8, 4) is 28.4 Å². The third kappa shape index (κ3) is 2.74. The van der Waals surface area contributed by atoms with Crippen molar-refractivity contribution in [3.63, 3.8) is 0 Å². The van der Waals surface area contributed by atoms with Gasteiger partial charge in [0.15, 0.2) is 11.5 Å². The molecule has 0 saturated heterocycles. The summed E-state index contributed by atoms with van der Waals surface area (Å²) in [5.74, 6) is 1.19. The van der Waals surface area contributed by atoms with Gasteiger partial charge < -0.3 is 14.6 Å². The fourth-order valence-electron chi connectivity index (χ4n) is 1.83. The summed E-state index contributed by atoms with van der Waals surface area (Å²) in [5.41, 5.74) is 2.55. The molecule has 100 valence electrons. The van der Waals surface area contributed by atoms with Crippen molar-refractivity contribution in [3.05, 3.63) is 36.2 Å². The summed E-state index contributed by atoms with van der Waals surface area (Å²) in [4.78, 5) is 4.12. The highest BCUT2D eigenvalue weighted by Gasteiger charge is 2.12. The van der Waals surface area contributed by atoms with E-state index in [1.54, 1.807) is 24.5 Å². The molecule has 1 aromatic carbocycles. The third-order valence-electron chi connectivity index (χ3n) is 2.74. The van der Waals surface area contributed by atoms with E-state index in [1.807, 2.05) is 6.07 Å². The quantitative estimate of drug-likeness (QED) is 0.873. The molecule has 0 aliphatic heterocycles. The number of ether oxygens (including phenoxy) is 2. The number of hydrogen-bond acceptors (Lipinski definition) is 4. The monoisotopic (exact) mass is 279 g/mol. The molecule has 1 heterocycles. The lowest BCUT2D eigenvalue weighted by Gasteiger charge is -2.12. The fraction of sp³-hybridized carbons (Fsp3) is 0.214. The maximum absolute atomic E-state index is 9.94. The first-order valence-corrected chi connectivity index (χ1v) is 6.18. The molecule has 5 heteroatoms. The summed E-state index contributed by atoms with van der Waals surface area (Å²) in [6.07, 6.45) is 3.41. The van der Waals surface area contributed by atoms with Crippen molar-refractivity contribution < 1.29 is 14.6 Å². The predicted octanol–water partition coefficient (Wildman–Crippen LogP) is 3.21. The Morgan fingerprint density at radius 3 is 2.53 bits per heavy atom. The normalized spacial score (nSPS) is 10.3. The molecule has 0 spiro atoms. The van der Waals surface area contributed by atoms with Crippen molar-refractivity contribution in [2.45, 2.75) is 5.88 Å². The first kappa shape index (κ1) is 13.5. The van der Waals surface area contributed by atoms with Crippen molar-refractivity contribution in [2.75, 3.05) is 14.2 Å². The number of hydrogen-bond donors (Lipinski definition) is 1. The van der Waals surface area contributed by atoms with Gasteiger partial charge in [-0.1, -0.05) is 0 Å². The molecule has 4 nitrogen and oxygen atoms in total. The summed E-state index contributed by atoms with van der Waals surface area (Å²) in [6.45, 7) is 0. The van der Waals surface area contributed by atoms with Gasteiger partial charge in [0.1, 0.15) is 0 Å². The lowest BCUT2D eigenvalue weighted by atomic mass is 10.1. The van der Waals surface area contributed by atoms with Crippen LogP contribution in [0.1, 0.15) is 5.56 Å². The Morgan fingerprint density at radius 2 is 1.89 bits per heavy atom. The van der Waals surface area contributed by atoms with E-state index in [4.69, 9.17) is 21.1 Å². The number of alkyl halides is 1. The zero-order valence-electron chi connectivity index (χ0n) is 10.7. The van der Waals surface area contributed by atoms with Gasteiger partial charge in [0.25, 0.3) is 0 Å². The first-order chi connectivity index (χ1) is 9.19. The van der Waals surface area contributed by atoms with Gasteiger partial charge in [-0.15, -0.1) is 11.6 Å². The minimum Gasteiger partial charge on any atom is -0.504 e. The molecule has 0 aliphatic carbocycles. The second-order valence-corrected chi connectivity index (χ2v) is 4.21. The van der Waals surface area contributed by atoms with Crippen LogP contribution >= 0.6 is 11.6 Å². The van der Waals surface area contributed by atoms with Crippen LogP contribution in [0.5, 0.6) is 17.2 Å². The van der Waals surface area contributed by atoms with Crippen LogP contribution < -0.4 is 9.47 Å². The average Bonchev–Trinajstić information content (AvgIpc) is 2.46. The van der Waals surface area contributed by atoms with Crippen molar-refractivity contribution >= 4 is 11.6 Å². The molecule has 0 atom stereocenters. The zero-order chi connectivity index (χ0) is 13.8. The van der Waals surface area contributed by atoms with Gasteiger partial charge in [0.05, 0.1) is 14.2 Å². The van der Waals surface area contributed by atoms with Crippen molar-refractivity contribution in [1.82, 2.24) is 4.98 Å². The number of aromatic nitrogens is 1. The van der Waals surface area contributed by atoms with E-state index in [2.05, 4.69) is 4.98 Å². The van der Waals surface area contributed by atoms with E-state index in [0.29, 0.717) is 17.4 Å². The number of benzene rings is 1. The van der Waals surface area contributed by atoms with Crippen LogP contribution in [0.25, 0.3) is 11.1 Å². The minimum absolute atomic E-state index is 0.0214. The number of rotatable bonds is 4. The largest absolute Gasteiger partial charge is 0.504 e. The Bertz CT molecular complexity index is 587. The topological polar surface area (TPSA) is 51.6 Å². The van der Waals surface area contributed by atoms with Gasteiger partial charge in [-0.25, -0.2) is 0 Å². The number of phenols is 1. The van der Waals surface area contributed by atoms with Crippen LogP contribution in [0, 0.1) is 0 Å². The number of halogens is 1. The van der Waals surface area contributed by atoms with Crippen LogP contribution in [0.2, 0.25) is 0 Å². The van der Waals surface area contributed by atoms with Crippen molar-refractivity contribution in [2.24, 2.45) is 0 Å². The molecule has 1 N–H and O–H groups in total. The van der Waals surface area contributed by atoms with Crippen LogP contribution in [0.4, 0.5) is 0 Å². The van der Waals surface area contributed by atoms with E-state index in [9.17, 15) is 5.11 Å². The Labute approximate surface area is 116 Å². The van der Waals surface area contributed by atoms with Gasteiger partial charge in [-0.2, -0.15) is 0 Å². The molecule has 0 fully saturated rings. The minimum atomic E-state index is 0.0214. The van der Waals surface area contributed by atoms with E-state index < -0.39 is 0 Å². The fourth-order valence-corrected chi connectivity index (χ4v) is 1.98. The van der Waals surface area contributed by atoms with Gasteiger partial charge in [-0.05, 0) is 29.3 Å². The number of nitrogens with zero attached hydrogens (tertiary/aromatic N) is 1. The van der Waals surface area contributed by atoms with Crippen molar-refractivity contribution in [1.29, 1.82) is 0 Å².